The molecule has 3 heteroatoms. The molecule has 0 aliphatic carbocycles. The number of hydrogen-bond acceptors (Lipinski definition) is 2. The fourth-order valence-corrected chi connectivity index (χ4v) is 10.2. The van der Waals surface area contributed by atoms with E-state index in [0.29, 0.717) is 0 Å². The summed E-state index contributed by atoms with van der Waals surface area (Å²) >= 11 is -1.98. The molecule has 0 aliphatic heterocycles. The molecular weight excluding hydrogens is 451 g/mol. The Balaban J connectivity index is 0.000000211. The summed E-state index contributed by atoms with van der Waals surface area (Å²) in [4.78, 5) is 10.6. The van der Waals surface area contributed by atoms with Gasteiger partial charge in [-0.1, -0.05) is 18.2 Å². The fourth-order valence-electron chi connectivity index (χ4n) is 2.84. The van der Waals surface area contributed by atoms with Gasteiger partial charge in [-0.2, -0.15) is 0 Å². The van der Waals surface area contributed by atoms with Crippen molar-refractivity contribution < 1.29 is 5.11 Å². The molecule has 0 atom stereocenters. The van der Waals surface area contributed by atoms with Crippen molar-refractivity contribution in [1.29, 1.82) is 0 Å². The van der Waals surface area contributed by atoms with Crippen LogP contribution >= 0.6 is 0 Å². The third-order valence-electron chi connectivity index (χ3n) is 4.16. The topological polar surface area (TPSA) is 37.3 Å². The summed E-state index contributed by atoms with van der Waals surface area (Å²) in [6.07, 6.45) is 0. The van der Waals surface area contributed by atoms with Gasteiger partial charge in [-0.25, -0.2) is 0 Å². The molecule has 0 unspecified atom stereocenters. The number of hydrogen-bond donors (Lipinski definition) is 1. The maximum absolute atomic E-state index is 10.6. The molecule has 0 saturated heterocycles. The monoisotopic (exact) mass is 473 g/mol. The van der Waals surface area contributed by atoms with E-state index in [0.717, 1.165) is 0 Å². The van der Waals surface area contributed by atoms with Gasteiger partial charge < -0.3 is 5.11 Å². The van der Waals surface area contributed by atoms with Crippen LogP contribution in [0.2, 0.25) is 0 Å². The van der Waals surface area contributed by atoms with Crippen LogP contribution in [0.3, 0.4) is 0 Å². The predicted molar refractivity (Wildman–Crippen MR) is 118 cm³/mol. The minimum absolute atomic E-state index is 0.208. The minimum atomic E-state index is -1.98. The fraction of sp³-hybridized carbons (Fsp3) is 0. The predicted octanol–water partition coefficient (Wildman–Crippen LogP) is 2.96. The van der Waals surface area contributed by atoms with Gasteiger partial charge in [0.15, 0.2) is 5.75 Å². The molecule has 0 spiro atoms. The Kier molecular flexibility index (Phi) is 7.44. The molecule has 0 amide bonds. The summed E-state index contributed by atoms with van der Waals surface area (Å²) in [6, 6.07) is 40.5. The van der Waals surface area contributed by atoms with Gasteiger partial charge in [0.25, 0.3) is 0 Å². The van der Waals surface area contributed by atoms with Gasteiger partial charge in [0.05, 0.1) is 0 Å². The van der Waals surface area contributed by atoms with Gasteiger partial charge in [0.2, 0.25) is 5.43 Å². The molecule has 1 N–H and O–H groups in total. The van der Waals surface area contributed by atoms with E-state index in [2.05, 4.69) is 91.0 Å². The molecule has 4 aromatic rings. The first-order valence-electron chi connectivity index (χ1n) is 9.07. The van der Waals surface area contributed by atoms with Crippen molar-refractivity contribution in [2.24, 2.45) is 0 Å². The maximum atomic E-state index is 10.6. The Bertz CT molecular complexity index is 942. The molecule has 0 fully saturated rings. The second-order valence-electron chi connectivity index (χ2n) is 6.13. The van der Waals surface area contributed by atoms with Gasteiger partial charge >= 0.3 is 121 Å². The van der Waals surface area contributed by atoms with Crippen molar-refractivity contribution in [1.82, 2.24) is 0 Å². The van der Waals surface area contributed by atoms with Crippen LogP contribution in [0.4, 0.5) is 0 Å². The van der Waals surface area contributed by atoms with Gasteiger partial charge in [0, 0.05) is 0 Å². The number of rotatable bonds is 3. The van der Waals surface area contributed by atoms with Crippen molar-refractivity contribution in [3.05, 3.63) is 132 Å². The average Bonchev–Trinajstić information content (AvgIpc) is 2.95. The summed E-state index contributed by atoms with van der Waals surface area (Å²) in [5.41, 5.74) is -0.347. The van der Waals surface area contributed by atoms with Gasteiger partial charge in [-0.15, -0.1) is 0 Å². The van der Waals surface area contributed by atoms with Crippen LogP contribution in [0.5, 0.6) is 5.75 Å². The Hall–Kier alpha value is -2.85. The first-order chi connectivity index (χ1) is 13.8. The number of benzene rings is 3. The summed E-state index contributed by atoms with van der Waals surface area (Å²) in [6.45, 7) is 0. The normalized spacial score (nSPS) is 10.0. The van der Waals surface area contributed by atoms with Crippen LogP contribution < -0.4 is 16.2 Å². The van der Waals surface area contributed by atoms with Crippen molar-refractivity contribution in [2.75, 3.05) is 0 Å². The molecule has 1 radical (unpaired) electrons. The zero-order chi connectivity index (χ0) is 19.6. The molecule has 0 aromatic heterocycles. The Morgan fingerprint density at radius 3 is 1.18 bits per heavy atom. The Labute approximate surface area is 172 Å². The van der Waals surface area contributed by atoms with E-state index in [9.17, 15) is 4.79 Å². The van der Waals surface area contributed by atoms with E-state index >= 15 is 0 Å². The zero-order valence-corrected chi connectivity index (χ0v) is 18.3. The van der Waals surface area contributed by atoms with E-state index in [4.69, 9.17) is 5.11 Å². The first-order valence-corrected chi connectivity index (χ1v) is 13.4. The molecule has 4 rings (SSSR count). The van der Waals surface area contributed by atoms with Gasteiger partial charge in [0.1, 0.15) is 0 Å². The molecule has 0 bridgehead atoms. The van der Waals surface area contributed by atoms with Crippen molar-refractivity contribution in [3.63, 3.8) is 0 Å². The second-order valence-corrected chi connectivity index (χ2v) is 13.2. The van der Waals surface area contributed by atoms with Crippen LogP contribution in [-0.2, 0) is 0 Å². The van der Waals surface area contributed by atoms with E-state index in [-0.39, 0.29) is 11.2 Å². The molecular formula is C25H21O2Sn. The SMILES string of the molecule is O=c1cccccc1O.c1cc[c]([Sn]([c]2ccccc2)[c]2ccccc2)cc1. The quantitative estimate of drug-likeness (QED) is 0.466. The van der Waals surface area contributed by atoms with Crippen LogP contribution in [-0.4, -0.2) is 24.9 Å². The summed E-state index contributed by atoms with van der Waals surface area (Å²) in [5.74, 6) is -0.208. The van der Waals surface area contributed by atoms with E-state index < -0.39 is 19.8 Å². The van der Waals surface area contributed by atoms with E-state index in [1.54, 1.807) is 18.2 Å². The molecule has 2 nitrogen and oxygen atoms in total. The van der Waals surface area contributed by atoms with Crippen LogP contribution in [0.15, 0.2) is 126 Å². The van der Waals surface area contributed by atoms with Gasteiger partial charge in [-0.3, -0.25) is 4.79 Å². The summed E-state index contributed by atoms with van der Waals surface area (Å²) < 4.78 is 4.59. The van der Waals surface area contributed by atoms with Crippen LogP contribution in [0.25, 0.3) is 0 Å². The Morgan fingerprint density at radius 2 is 0.786 bits per heavy atom. The van der Waals surface area contributed by atoms with E-state index in [1.807, 2.05) is 0 Å². The first kappa shape index (κ1) is 19.9. The third kappa shape index (κ3) is 5.57. The second kappa shape index (κ2) is 10.5. The van der Waals surface area contributed by atoms with Crippen molar-refractivity contribution >= 4 is 30.5 Å². The molecule has 137 valence electrons. The van der Waals surface area contributed by atoms with Gasteiger partial charge in [-0.05, 0) is 12.1 Å². The zero-order valence-electron chi connectivity index (χ0n) is 15.4. The molecule has 0 aliphatic rings. The molecule has 4 aromatic carbocycles. The Morgan fingerprint density at radius 1 is 0.464 bits per heavy atom. The standard InChI is InChI=1S/C7H6O2.3C6H5.Sn/c8-6-4-2-1-3-5-7(6)9;3*1-2-4-6-5-3-1;/h1-5H,(H,8,9);3*1-5H;. The molecule has 0 saturated carbocycles. The van der Waals surface area contributed by atoms with Crippen molar-refractivity contribution in [3.8, 4) is 5.75 Å². The third-order valence-corrected chi connectivity index (χ3v) is 12.0. The van der Waals surface area contributed by atoms with Crippen LogP contribution in [0, 0.1) is 0 Å². The average molecular weight is 472 g/mol. The summed E-state index contributed by atoms with van der Waals surface area (Å²) in [7, 11) is 0. The van der Waals surface area contributed by atoms with E-state index in [1.165, 1.54) is 22.9 Å². The number of aromatic hydroxyl groups is 1. The summed E-state index contributed by atoms with van der Waals surface area (Å²) in [5, 5.41) is 8.77. The van der Waals surface area contributed by atoms with Crippen LogP contribution in [0.1, 0.15) is 0 Å². The molecule has 28 heavy (non-hydrogen) atoms. The van der Waals surface area contributed by atoms with Crippen molar-refractivity contribution in [2.45, 2.75) is 0 Å². The molecule has 0 heterocycles.